The van der Waals surface area contributed by atoms with Gasteiger partial charge in [-0.05, 0) is 44.5 Å². The van der Waals surface area contributed by atoms with E-state index in [1.54, 1.807) is 0 Å². The minimum absolute atomic E-state index is 0.123. The topological polar surface area (TPSA) is 41.3 Å². The van der Waals surface area contributed by atoms with E-state index in [1.165, 1.54) is 49.7 Å². The van der Waals surface area contributed by atoms with Crippen molar-refractivity contribution in [2.45, 2.75) is 63.5 Å². The first kappa shape index (κ1) is 16.5. The molecule has 1 aromatic rings. The van der Waals surface area contributed by atoms with Gasteiger partial charge in [0.25, 0.3) is 0 Å². The second-order valence-electron chi connectivity index (χ2n) is 6.61. The van der Waals surface area contributed by atoms with E-state index in [4.69, 9.17) is 5.84 Å². The van der Waals surface area contributed by atoms with Crippen molar-refractivity contribution in [1.29, 1.82) is 0 Å². The second kappa shape index (κ2) is 7.39. The number of nitrogens with two attached hydrogens (primary N) is 1. The van der Waals surface area contributed by atoms with Crippen LogP contribution in [0.2, 0.25) is 0 Å². The van der Waals surface area contributed by atoms with Crippen LogP contribution in [0.5, 0.6) is 0 Å². The van der Waals surface area contributed by atoms with E-state index in [1.807, 2.05) is 0 Å². The summed E-state index contributed by atoms with van der Waals surface area (Å²) in [5, 5.41) is 0. The summed E-state index contributed by atoms with van der Waals surface area (Å²) in [6, 6.07) is 9.10. The molecule has 0 aromatic heterocycles. The average molecular weight is 289 g/mol. The Balaban J connectivity index is 2.38. The van der Waals surface area contributed by atoms with Crippen LogP contribution in [0.25, 0.3) is 0 Å². The number of hydrazine groups is 1. The van der Waals surface area contributed by atoms with Crippen LogP contribution in [0.1, 0.15) is 62.6 Å². The van der Waals surface area contributed by atoms with Gasteiger partial charge in [-0.2, -0.15) is 0 Å². The fourth-order valence-corrected chi connectivity index (χ4v) is 3.89. The summed E-state index contributed by atoms with van der Waals surface area (Å²) in [5.74, 6) is 6.02. The zero-order valence-electron chi connectivity index (χ0n) is 13.9. The average Bonchev–Trinajstić information content (AvgIpc) is 2.75. The van der Waals surface area contributed by atoms with Gasteiger partial charge in [0.15, 0.2) is 0 Å². The van der Waals surface area contributed by atoms with Gasteiger partial charge in [-0.3, -0.25) is 11.3 Å². The number of nitrogens with zero attached hydrogens (tertiary/aromatic N) is 1. The summed E-state index contributed by atoms with van der Waals surface area (Å²) >= 11 is 0. The second-order valence-corrected chi connectivity index (χ2v) is 6.61. The Bertz CT molecular complexity index is 434. The van der Waals surface area contributed by atoms with Gasteiger partial charge in [-0.15, -0.1) is 0 Å². The Labute approximate surface area is 129 Å². The molecule has 1 aliphatic rings. The first-order chi connectivity index (χ1) is 10.1. The Morgan fingerprint density at radius 1 is 1.19 bits per heavy atom. The highest BCUT2D eigenvalue weighted by Gasteiger charge is 2.41. The standard InChI is InChI=1S/C18H31N3/c1-4-15-10-9-11-16(14-15)17(20-19)18(21(2)3)12-7-5-6-8-13-18/h9-11,14,17,20H,4-8,12-13,19H2,1-3H3. The Morgan fingerprint density at radius 3 is 2.38 bits per heavy atom. The largest absolute Gasteiger partial charge is 0.302 e. The number of nitrogens with one attached hydrogen (secondary N) is 1. The van der Waals surface area contributed by atoms with Gasteiger partial charge in [0.2, 0.25) is 0 Å². The van der Waals surface area contributed by atoms with Crippen molar-refractivity contribution in [3.8, 4) is 0 Å². The van der Waals surface area contributed by atoms with Crippen LogP contribution in [0.15, 0.2) is 24.3 Å². The van der Waals surface area contributed by atoms with Crippen molar-refractivity contribution in [1.82, 2.24) is 10.3 Å². The van der Waals surface area contributed by atoms with E-state index in [9.17, 15) is 0 Å². The molecule has 118 valence electrons. The van der Waals surface area contributed by atoms with Crippen molar-refractivity contribution in [3.63, 3.8) is 0 Å². The molecule has 3 heteroatoms. The Kier molecular flexibility index (Phi) is 5.80. The zero-order chi connectivity index (χ0) is 15.3. The third kappa shape index (κ3) is 3.47. The summed E-state index contributed by atoms with van der Waals surface area (Å²) in [4.78, 5) is 2.40. The lowest BCUT2D eigenvalue weighted by Gasteiger charge is -2.46. The number of benzene rings is 1. The van der Waals surface area contributed by atoms with Crippen LogP contribution in [0, 0.1) is 0 Å². The summed E-state index contributed by atoms with van der Waals surface area (Å²) in [7, 11) is 4.42. The Morgan fingerprint density at radius 2 is 1.86 bits per heavy atom. The van der Waals surface area contributed by atoms with E-state index < -0.39 is 0 Å². The lowest BCUT2D eigenvalue weighted by molar-refractivity contribution is 0.0800. The van der Waals surface area contributed by atoms with Crippen molar-refractivity contribution in [2.75, 3.05) is 14.1 Å². The highest BCUT2D eigenvalue weighted by molar-refractivity contribution is 5.29. The molecular formula is C18H31N3. The van der Waals surface area contributed by atoms with Crippen LogP contribution in [0.4, 0.5) is 0 Å². The molecule has 2 rings (SSSR count). The molecule has 0 radical (unpaired) electrons. The maximum absolute atomic E-state index is 6.02. The quantitative estimate of drug-likeness (QED) is 0.496. The smallest absolute Gasteiger partial charge is 0.0643 e. The predicted octanol–water partition coefficient (Wildman–Crippen LogP) is 3.41. The highest BCUT2D eigenvalue weighted by atomic mass is 15.3. The first-order valence-electron chi connectivity index (χ1n) is 8.36. The minimum Gasteiger partial charge on any atom is -0.302 e. The molecule has 3 nitrogen and oxygen atoms in total. The molecule has 1 aromatic carbocycles. The van der Waals surface area contributed by atoms with E-state index in [2.05, 4.69) is 55.6 Å². The lowest BCUT2D eigenvalue weighted by atomic mass is 9.78. The summed E-state index contributed by atoms with van der Waals surface area (Å²) in [5.41, 5.74) is 5.98. The van der Waals surface area contributed by atoms with Crippen LogP contribution in [-0.2, 0) is 6.42 Å². The fraction of sp³-hybridized carbons (Fsp3) is 0.667. The van der Waals surface area contributed by atoms with Crippen LogP contribution < -0.4 is 11.3 Å². The molecule has 1 fully saturated rings. The molecule has 0 spiro atoms. The molecule has 0 bridgehead atoms. The number of likely N-dealkylation sites (N-methyl/N-ethyl adjacent to an activating group) is 1. The lowest BCUT2D eigenvalue weighted by Crippen LogP contribution is -2.55. The van der Waals surface area contributed by atoms with Gasteiger partial charge in [-0.1, -0.05) is 56.9 Å². The molecule has 1 aliphatic carbocycles. The third-order valence-corrected chi connectivity index (χ3v) is 5.26. The van der Waals surface area contributed by atoms with Gasteiger partial charge in [-0.25, -0.2) is 0 Å². The van der Waals surface area contributed by atoms with Gasteiger partial charge < -0.3 is 4.90 Å². The summed E-state index contributed by atoms with van der Waals surface area (Å²) in [6.45, 7) is 2.21. The number of rotatable bonds is 5. The monoisotopic (exact) mass is 289 g/mol. The van der Waals surface area contributed by atoms with E-state index >= 15 is 0 Å². The van der Waals surface area contributed by atoms with E-state index in [0.717, 1.165) is 6.42 Å². The molecule has 21 heavy (non-hydrogen) atoms. The van der Waals surface area contributed by atoms with Crippen molar-refractivity contribution < 1.29 is 0 Å². The van der Waals surface area contributed by atoms with Gasteiger partial charge >= 0.3 is 0 Å². The van der Waals surface area contributed by atoms with Crippen LogP contribution in [0.3, 0.4) is 0 Å². The molecule has 0 saturated heterocycles. The highest BCUT2D eigenvalue weighted by Crippen LogP contribution is 2.40. The SMILES string of the molecule is CCc1cccc(C(NN)C2(N(C)C)CCCCCC2)c1. The number of aryl methyl sites for hydroxylation is 1. The van der Waals surface area contributed by atoms with E-state index in [0.29, 0.717) is 0 Å². The van der Waals surface area contributed by atoms with Crippen LogP contribution >= 0.6 is 0 Å². The van der Waals surface area contributed by atoms with Crippen LogP contribution in [-0.4, -0.2) is 24.5 Å². The molecule has 0 heterocycles. The van der Waals surface area contributed by atoms with Gasteiger partial charge in [0.1, 0.15) is 0 Å². The summed E-state index contributed by atoms with van der Waals surface area (Å²) in [6.07, 6.45) is 8.79. The maximum Gasteiger partial charge on any atom is 0.0643 e. The van der Waals surface area contributed by atoms with Crippen molar-refractivity contribution in [2.24, 2.45) is 5.84 Å². The maximum atomic E-state index is 6.02. The minimum atomic E-state index is 0.123. The molecule has 3 N–H and O–H groups in total. The number of hydrogen-bond donors (Lipinski definition) is 2. The first-order valence-corrected chi connectivity index (χ1v) is 8.36. The zero-order valence-corrected chi connectivity index (χ0v) is 13.9. The van der Waals surface area contributed by atoms with Crippen molar-refractivity contribution in [3.05, 3.63) is 35.4 Å². The molecule has 1 atom stereocenters. The molecule has 1 unspecified atom stereocenters. The van der Waals surface area contributed by atoms with Crippen molar-refractivity contribution >= 4 is 0 Å². The number of hydrogen-bond acceptors (Lipinski definition) is 3. The summed E-state index contributed by atoms with van der Waals surface area (Å²) < 4.78 is 0. The molecule has 1 saturated carbocycles. The Hall–Kier alpha value is -0.900. The third-order valence-electron chi connectivity index (χ3n) is 5.26. The fourth-order valence-electron chi connectivity index (χ4n) is 3.89. The molecular weight excluding hydrogens is 258 g/mol. The van der Waals surface area contributed by atoms with E-state index in [-0.39, 0.29) is 11.6 Å². The van der Waals surface area contributed by atoms with Gasteiger partial charge in [0, 0.05) is 5.54 Å². The normalized spacial score (nSPS) is 20.2. The molecule has 0 amide bonds. The van der Waals surface area contributed by atoms with Gasteiger partial charge in [0.05, 0.1) is 6.04 Å². The predicted molar refractivity (Wildman–Crippen MR) is 90.0 cm³/mol. The molecule has 0 aliphatic heterocycles.